The first-order chi connectivity index (χ1) is 8.85. The van der Waals surface area contributed by atoms with Gasteiger partial charge in [0.05, 0.1) is 23.7 Å². The predicted molar refractivity (Wildman–Crippen MR) is 70.5 cm³/mol. The minimum atomic E-state index is -0.567. The van der Waals surface area contributed by atoms with Crippen molar-refractivity contribution in [2.75, 3.05) is 6.61 Å². The van der Waals surface area contributed by atoms with E-state index in [4.69, 9.17) is 10.00 Å². The minimum Gasteiger partial charge on any atom is -0.493 e. The highest BCUT2D eigenvalue weighted by Crippen LogP contribution is 2.21. The Balaban J connectivity index is 2.49. The number of nitriles is 1. The molecular weight excluding hydrogens is 245 g/mol. The van der Waals surface area contributed by atoms with Crippen LogP contribution in [0.4, 0.5) is 4.39 Å². The molecule has 4 heteroatoms. The van der Waals surface area contributed by atoms with Crippen molar-refractivity contribution in [1.82, 2.24) is 0 Å². The van der Waals surface area contributed by atoms with Crippen LogP contribution in [0.1, 0.15) is 44.0 Å². The molecular formula is C15H18FNO2. The average Bonchev–Trinajstić information content (AvgIpc) is 2.34. The van der Waals surface area contributed by atoms with Crippen molar-refractivity contribution in [2.24, 2.45) is 5.41 Å². The maximum Gasteiger partial charge on any atom is 0.162 e. The summed E-state index contributed by atoms with van der Waals surface area (Å²) in [4.78, 5) is 11.1. The molecule has 0 heterocycles. The number of rotatable bonds is 6. The maximum atomic E-state index is 13.5. The second kappa shape index (κ2) is 6.33. The van der Waals surface area contributed by atoms with Crippen molar-refractivity contribution in [3.8, 4) is 11.8 Å². The first-order valence-electron chi connectivity index (χ1n) is 6.20. The average molecular weight is 263 g/mol. The van der Waals surface area contributed by atoms with Gasteiger partial charge < -0.3 is 4.74 Å². The second-order valence-corrected chi connectivity index (χ2v) is 5.15. The first-order valence-corrected chi connectivity index (χ1v) is 6.20. The topological polar surface area (TPSA) is 50.1 Å². The molecule has 0 unspecified atom stereocenters. The van der Waals surface area contributed by atoms with Crippen molar-refractivity contribution in [3.63, 3.8) is 0 Å². The lowest BCUT2D eigenvalue weighted by atomic mass is 9.90. The number of benzene rings is 1. The van der Waals surface area contributed by atoms with Crippen LogP contribution in [-0.4, -0.2) is 12.4 Å². The molecule has 0 saturated carbocycles. The molecule has 1 aromatic carbocycles. The van der Waals surface area contributed by atoms with E-state index >= 15 is 0 Å². The van der Waals surface area contributed by atoms with Gasteiger partial charge in [-0.15, -0.1) is 0 Å². The Hall–Kier alpha value is -1.89. The van der Waals surface area contributed by atoms with E-state index in [0.717, 1.165) is 12.8 Å². The second-order valence-electron chi connectivity index (χ2n) is 5.15. The molecule has 0 atom stereocenters. The Labute approximate surface area is 113 Å². The predicted octanol–water partition coefficient (Wildman–Crippen LogP) is 3.74. The molecule has 0 N–H and O–H groups in total. The van der Waals surface area contributed by atoms with Gasteiger partial charge in [-0.2, -0.15) is 5.26 Å². The number of hydrogen-bond acceptors (Lipinski definition) is 3. The van der Waals surface area contributed by atoms with E-state index < -0.39 is 5.82 Å². The van der Waals surface area contributed by atoms with Crippen LogP contribution < -0.4 is 4.74 Å². The number of hydrogen-bond donors (Lipinski definition) is 0. The van der Waals surface area contributed by atoms with Crippen molar-refractivity contribution < 1.29 is 13.9 Å². The molecule has 0 saturated heterocycles. The van der Waals surface area contributed by atoms with Gasteiger partial charge in [-0.3, -0.25) is 4.79 Å². The number of ketones is 1. The number of Topliss-reactive ketones (excluding diaryl/α,β-unsaturated/α-hetero) is 1. The fraction of sp³-hybridized carbons (Fsp3) is 0.467. The summed E-state index contributed by atoms with van der Waals surface area (Å²) in [7, 11) is 0. The number of carbonyl (C=O) groups excluding carboxylic acids is 1. The van der Waals surface area contributed by atoms with Gasteiger partial charge in [0, 0.05) is 6.07 Å². The Morgan fingerprint density at radius 1 is 1.47 bits per heavy atom. The molecule has 0 radical (unpaired) electrons. The van der Waals surface area contributed by atoms with E-state index in [1.807, 2.05) is 13.8 Å². The summed E-state index contributed by atoms with van der Waals surface area (Å²) in [5.74, 6) is -0.473. The van der Waals surface area contributed by atoms with Crippen LogP contribution in [0.3, 0.4) is 0 Å². The molecule has 0 bridgehead atoms. The van der Waals surface area contributed by atoms with Gasteiger partial charge in [-0.1, -0.05) is 0 Å². The zero-order valence-electron chi connectivity index (χ0n) is 11.5. The Kier molecular flexibility index (Phi) is 5.05. The maximum absolute atomic E-state index is 13.5. The third-order valence-electron chi connectivity index (χ3n) is 2.84. The van der Waals surface area contributed by atoms with Crippen LogP contribution in [0.5, 0.6) is 5.75 Å². The van der Waals surface area contributed by atoms with Crippen LogP contribution in [0, 0.1) is 22.6 Å². The van der Waals surface area contributed by atoms with E-state index in [0.29, 0.717) is 12.4 Å². The van der Waals surface area contributed by atoms with E-state index in [1.165, 1.54) is 19.1 Å². The van der Waals surface area contributed by atoms with Crippen molar-refractivity contribution in [1.29, 1.82) is 5.26 Å². The fourth-order valence-electron chi connectivity index (χ4n) is 1.63. The van der Waals surface area contributed by atoms with Gasteiger partial charge in [0.1, 0.15) is 11.6 Å². The van der Waals surface area contributed by atoms with Crippen LogP contribution in [0.15, 0.2) is 18.2 Å². The lowest BCUT2D eigenvalue weighted by molar-refractivity contribution is 0.101. The monoisotopic (exact) mass is 263 g/mol. The number of nitrogens with zero attached hydrogens (tertiary/aromatic N) is 1. The van der Waals surface area contributed by atoms with Crippen molar-refractivity contribution >= 4 is 5.78 Å². The number of halogens is 1. The summed E-state index contributed by atoms with van der Waals surface area (Å²) in [5.41, 5.74) is -0.300. The number of ether oxygens (including phenoxy) is 1. The van der Waals surface area contributed by atoms with Crippen molar-refractivity contribution in [2.45, 2.75) is 33.6 Å². The highest BCUT2D eigenvalue weighted by Gasteiger charge is 2.15. The van der Waals surface area contributed by atoms with E-state index in [2.05, 4.69) is 6.07 Å². The quantitative estimate of drug-likeness (QED) is 0.580. The summed E-state index contributed by atoms with van der Waals surface area (Å²) >= 11 is 0. The summed E-state index contributed by atoms with van der Waals surface area (Å²) in [6.45, 7) is 5.48. The molecule has 102 valence electrons. The highest BCUT2D eigenvalue weighted by molar-refractivity contribution is 5.94. The summed E-state index contributed by atoms with van der Waals surface area (Å²) in [5, 5.41) is 8.86. The lowest BCUT2D eigenvalue weighted by Crippen LogP contribution is -2.10. The molecule has 0 spiro atoms. The highest BCUT2D eigenvalue weighted by atomic mass is 19.1. The summed E-state index contributed by atoms with van der Waals surface area (Å²) < 4.78 is 18.9. The van der Waals surface area contributed by atoms with Crippen LogP contribution in [0.25, 0.3) is 0 Å². The molecule has 1 rings (SSSR count). The SMILES string of the molecule is CC(=O)c1ccc(OCCCC(C)(C)C#N)cc1F. The first kappa shape index (κ1) is 15.2. The zero-order chi connectivity index (χ0) is 14.5. The Bertz CT molecular complexity index is 503. The summed E-state index contributed by atoms with van der Waals surface area (Å²) in [6.07, 6.45) is 1.44. The molecule has 0 aliphatic rings. The van der Waals surface area contributed by atoms with Gasteiger partial charge in [0.25, 0.3) is 0 Å². The Morgan fingerprint density at radius 3 is 2.68 bits per heavy atom. The molecule has 0 aromatic heterocycles. The van der Waals surface area contributed by atoms with Crippen LogP contribution in [0.2, 0.25) is 0 Å². The van der Waals surface area contributed by atoms with E-state index in [-0.39, 0.29) is 16.8 Å². The van der Waals surface area contributed by atoms with Gasteiger partial charge in [0.2, 0.25) is 0 Å². The van der Waals surface area contributed by atoms with Gasteiger partial charge in [-0.25, -0.2) is 4.39 Å². The molecule has 3 nitrogen and oxygen atoms in total. The van der Waals surface area contributed by atoms with Gasteiger partial charge in [-0.05, 0) is 45.7 Å². The van der Waals surface area contributed by atoms with Gasteiger partial charge >= 0.3 is 0 Å². The van der Waals surface area contributed by atoms with Crippen LogP contribution in [-0.2, 0) is 0 Å². The third-order valence-corrected chi connectivity index (χ3v) is 2.84. The third kappa shape index (κ3) is 4.70. The molecule has 1 aromatic rings. The smallest absolute Gasteiger partial charge is 0.162 e. The molecule has 0 aliphatic carbocycles. The molecule has 19 heavy (non-hydrogen) atoms. The zero-order valence-corrected chi connectivity index (χ0v) is 11.5. The Morgan fingerprint density at radius 2 is 2.16 bits per heavy atom. The minimum absolute atomic E-state index is 0.0676. The van der Waals surface area contributed by atoms with Gasteiger partial charge in [0.15, 0.2) is 5.78 Å². The molecule has 0 aliphatic heterocycles. The largest absolute Gasteiger partial charge is 0.493 e. The lowest BCUT2D eigenvalue weighted by Gasteiger charge is -2.14. The number of carbonyl (C=O) groups is 1. The van der Waals surface area contributed by atoms with E-state index in [1.54, 1.807) is 6.07 Å². The normalized spacial score (nSPS) is 10.9. The van der Waals surface area contributed by atoms with Crippen LogP contribution >= 0.6 is 0 Å². The molecule has 0 amide bonds. The standard InChI is InChI=1S/C15H18FNO2/c1-11(18)13-6-5-12(9-14(13)16)19-8-4-7-15(2,3)10-17/h5-6,9H,4,7-8H2,1-3H3. The van der Waals surface area contributed by atoms with E-state index in [9.17, 15) is 9.18 Å². The summed E-state index contributed by atoms with van der Waals surface area (Å²) in [6, 6.07) is 6.43. The molecule has 0 fully saturated rings. The van der Waals surface area contributed by atoms with Crippen molar-refractivity contribution in [3.05, 3.63) is 29.6 Å². The fourth-order valence-corrected chi connectivity index (χ4v) is 1.63.